The van der Waals surface area contributed by atoms with Crippen molar-refractivity contribution < 1.29 is 13.9 Å². The van der Waals surface area contributed by atoms with Gasteiger partial charge in [-0.2, -0.15) is 0 Å². The number of anilines is 1. The topological polar surface area (TPSA) is 51.2 Å². The number of aromatic nitrogens is 1. The highest BCUT2D eigenvalue weighted by molar-refractivity contribution is 5.99. The summed E-state index contributed by atoms with van der Waals surface area (Å²) in [5.74, 6) is 0.221. The van der Waals surface area contributed by atoms with Gasteiger partial charge >= 0.3 is 0 Å². The van der Waals surface area contributed by atoms with E-state index in [1.165, 1.54) is 12.1 Å². The van der Waals surface area contributed by atoms with Gasteiger partial charge < -0.3 is 10.1 Å². The Labute approximate surface area is 153 Å². The second-order valence-corrected chi connectivity index (χ2v) is 6.84. The molecule has 4 nitrogen and oxygen atoms in total. The number of carbonyl (C=O) groups excluding carboxylic acids is 1. The summed E-state index contributed by atoms with van der Waals surface area (Å²) >= 11 is 0. The van der Waals surface area contributed by atoms with E-state index in [0.717, 1.165) is 44.1 Å². The van der Waals surface area contributed by atoms with E-state index >= 15 is 0 Å². The predicted octanol–water partition coefficient (Wildman–Crippen LogP) is 4.85. The van der Waals surface area contributed by atoms with Crippen LogP contribution in [0.2, 0.25) is 0 Å². The third-order valence-corrected chi connectivity index (χ3v) is 5.03. The second-order valence-electron chi connectivity index (χ2n) is 6.84. The Morgan fingerprint density at radius 2 is 1.92 bits per heavy atom. The van der Waals surface area contributed by atoms with Crippen molar-refractivity contribution >= 4 is 11.6 Å². The zero-order chi connectivity index (χ0) is 18.4. The molecule has 1 heterocycles. The third kappa shape index (κ3) is 4.03. The van der Waals surface area contributed by atoms with E-state index in [9.17, 15) is 9.18 Å². The quantitative estimate of drug-likeness (QED) is 0.722. The average molecular weight is 356 g/mol. The SMILES string of the molecule is CCCCOc1ccc(NC(=O)C2(c3ccc(F)cc3)CCCC2)cn1. The number of carbonyl (C=O) groups is 1. The Morgan fingerprint density at radius 1 is 1.19 bits per heavy atom. The van der Waals surface area contributed by atoms with Gasteiger partial charge in [0, 0.05) is 6.07 Å². The molecular weight excluding hydrogens is 331 g/mol. The Morgan fingerprint density at radius 3 is 2.54 bits per heavy atom. The number of halogens is 1. The largest absolute Gasteiger partial charge is 0.478 e. The number of rotatable bonds is 7. The first-order chi connectivity index (χ1) is 12.6. The highest BCUT2D eigenvalue weighted by Gasteiger charge is 2.42. The van der Waals surface area contributed by atoms with Crippen molar-refractivity contribution in [1.29, 1.82) is 0 Å². The smallest absolute Gasteiger partial charge is 0.235 e. The van der Waals surface area contributed by atoms with Crippen molar-refractivity contribution in [3.05, 3.63) is 54.0 Å². The van der Waals surface area contributed by atoms with Crippen LogP contribution in [0.4, 0.5) is 10.1 Å². The highest BCUT2D eigenvalue weighted by atomic mass is 19.1. The van der Waals surface area contributed by atoms with Gasteiger partial charge in [0.2, 0.25) is 11.8 Å². The molecule has 1 aromatic heterocycles. The molecule has 1 aliphatic carbocycles. The Balaban J connectivity index is 1.71. The Bertz CT molecular complexity index is 723. The van der Waals surface area contributed by atoms with Crippen LogP contribution in [-0.2, 0) is 10.2 Å². The molecule has 0 bridgehead atoms. The minimum Gasteiger partial charge on any atom is -0.478 e. The van der Waals surface area contributed by atoms with E-state index in [1.54, 1.807) is 30.5 Å². The van der Waals surface area contributed by atoms with Gasteiger partial charge in [0.15, 0.2) is 0 Å². The molecule has 0 spiro atoms. The molecule has 5 heteroatoms. The lowest BCUT2D eigenvalue weighted by atomic mass is 9.78. The van der Waals surface area contributed by atoms with Gasteiger partial charge in [-0.3, -0.25) is 4.79 Å². The first-order valence-corrected chi connectivity index (χ1v) is 9.30. The molecule has 138 valence electrons. The molecule has 3 rings (SSSR count). The number of nitrogens with zero attached hydrogens (tertiary/aromatic N) is 1. The fourth-order valence-corrected chi connectivity index (χ4v) is 3.51. The van der Waals surface area contributed by atoms with Crippen LogP contribution < -0.4 is 10.1 Å². The molecule has 0 aliphatic heterocycles. The zero-order valence-electron chi connectivity index (χ0n) is 15.1. The molecule has 0 radical (unpaired) electrons. The van der Waals surface area contributed by atoms with Crippen LogP contribution in [0, 0.1) is 5.82 Å². The molecule has 1 saturated carbocycles. The molecule has 1 N–H and O–H groups in total. The van der Waals surface area contributed by atoms with Crippen molar-refractivity contribution in [3.63, 3.8) is 0 Å². The summed E-state index contributed by atoms with van der Waals surface area (Å²) in [5.41, 5.74) is 0.928. The molecule has 0 saturated heterocycles. The lowest BCUT2D eigenvalue weighted by Gasteiger charge is -2.28. The minimum absolute atomic E-state index is 0.0527. The molecule has 26 heavy (non-hydrogen) atoms. The predicted molar refractivity (Wildman–Crippen MR) is 99.8 cm³/mol. The number of pyridine rings is 1. The summed E-state index contributed by atoms with van der Waals surface area (Å²) in [7, 11) is 0. The number of nitrogens with one attached hydrogen (secondary N) is 1. The second kappa shape index (κ2) is 8.30. The molecule has 0 unspecified atom stereocenters. The molecular formula is C21H25FN2O2. The number of benzene rings is 1. The number of amides is 1. The van der Waals surface area contributed by atoms with Crippen molar-refractivity contribution in [1.82, 2.24) is 4.98 Å². The van der Waals surface area contributed by atoms with Crippen LogP contribution in [0.15, 0.2) is 42.6 Å². The minimum atomic E-state index is -0.593. The van der Waals surface area contributed by atoms with Gasteiger partial charge in [0.05, 0.1) is 23.9 Å². The molecule has 1 aliphatic rings. The van der Waals surface area contributed by atoms with E-state index < -0.39 is 5.41 Å². The normalized spacial score (nSPS) is 15.6. The lowest BCUT2D eigenvalue weighted by Crippen LogP contribution is -2.38. The fourth-order valence-electron chi connectivity index (χ4n) is 3.51. The van der Waals surface area contributed by atoms with Gasteiger partial charge in [-0.15, -0.1) is 0 Å². The van der Waals surface area contributed by atoms with Crippen LogP contribution in [0.25, 0.3) is 0 Å². The van der Waals surface area contributed by atoms with Crippen LogP contribution in [0.1, 0.15) is 51.0 Å². The van der Waals surface area contributed by atoms with E-state index in [4.69, 9.17) is 4.74 Å². The third-order valence-electron chi connectivity index (χ3n) is 5.03. The van der Waals surface area contributed by atoms with Crippen molar-refractivity contribution in [2.75, 3.05) is 11.9 Å². The van der Waals surface area contributed by atoms with Crippen molar-refractivity contribution in [2.24, 2.45) is 0 Å². The summed E-state index contributed by atoms with van der Waals surface area (Å²) in [6.45, 7) is 2.75. The van der Waals surface area contributed by atoms with Gasteiger partial charge in [-0.25, -0.2) is 9.37 Å². The Hall–Kier alpha value is -2.43. The van der Waals surface area contributed by atoms with Crippen LogP contribution in [0.5, 0.6) is 5.88 Å². The standard InChI is InChI=1S/C21H25FN2O2/c1-2-3-14-26-19-11-10-18(15-23-19)24-20(25)21(12-4-5-13-21)16-6-8-17(22)9-7-16/h6-11,15H,2-5,12-14H2,1H3,(H,24,25). The molecule has 2 aromatic rings. The van der Waals surface area contributed by atoms with E-state index in [1.807, 2.05) is 0 Å². The Kier molecular flexibility index (Phi) is 5.86. The summed E-state index contributed by atoms with van der Waals surface area (Å²) < 4.78 is 18.8. The van der Waals surface area contributed by atoms with Gasteiger partial charge in [0.1, 0.15) is 5.82 Å². The van der Waals surface area contributed by atoms with E-state index in [2.05, 4.69) is 17.2 Å². The van der Waals surface area contributed by atoms with E-state index in [-0.39, 0.29) is 11.7 Å². The van der Waals surface area contributed by atoms with Crippen LogP contribution >= 0.6 is 0 Å². The van der Waals surface area contributed by atoms with Crippen molar-refractivity contribution in [2.45, 2.75) is 50.9 Å². The van der Waals surface area contributed by atoms with Crippen LogP contribution in [0.3, 0.4) is 0 Å². The molecule has 1 fully saturated rings. The summed E-state index contributed by atoms with van der Waals surface area (Å²) in [6, 6.07) is 9.87. The summed E-state index contributed by atoms with van der Waals surface area (Å²) in [5, 5.41) is 2.98. The number of hydrogen-bond acceptors (Lipinski definition) is 3. The van der Waals surface area contributed by atoms with Crippen molar-refractivity contribution in [3.8, 4) is 5.88 Å². The maximum atomic E-state index is 13.3. The molecule has 1 amide bonds. The fraction of sp³-hybridized carbons (Fsp3) is 0.429. The molecule has 0 atom stereocenters. The van der Waals surface area contributed by atoms with Gasteiger partial charge in [-0.05, 0) is 43.0 Å². The monoisotopic (exact) mass is 356 g/mol. The first-order valence-electron chi connectivity index (χ1n) is 9.30. The molecule has 1 aromatic carbocycles. The summed E-state index contributed by atoms with van der Waals surface area (Å²) in [4.78, 5) is 17.3. The number of unbranched alkanes of at least 4 members (excludes halogenated alkanes) is 1. The highest BCUT2D eigenvalue weighted by Crippen LogP contribution is 2.42. The first kappa shape index (κ1) is 18.4. The maximum absolute atomic E-state index is 13.3. The average Bonchev–Trinajstić information content (AvgIpc) is 3.15. The van der Waals surface area contributed by atoms with E-state index in [0.29, 0.717) is 18.2 Å². The van der Waals surface area contributed by atoms with Crippen LogP contribution in [-0.4, -0.2) is 17.5 Å². The zero-order valence-corrected chi connectivity index (χ0v) is 15.1. The van der Waals surface area contributed by atoms with Gasteiger partial charge in [-0.1, -0.05) is 38.3 Å². The number of hydrogen-bond donors (Lipinski definition) is 1. The lowest BCUT2D eigenvalue weighted by molar-refractivity contribution is -0.121. The maximum Gasteiger partial charge on any atom is 0.235 e. The summed E-state index contributed by atoms with van der Waals surface area (Å²) in [6.07, 6.45) is 7.21. The van der Waals surface area contributed by atoms with Gasteiger partial charge in [0.25, 0.3) is 0 Å². The number of ether oxygens (including phenoxy) is 1.